The van der Waals surface area contributed by atoms with Crippen LogP contribution in [0.1, 0.15) is 34.3 Å². The highest BCUT2D eigenvalue weighted by atomic mass is 16.2. The van der Waals surface area contributed by atoms with Crippen molar-refractivity contribution in [2.45, 2.75) is 19.4 Å². The summed E-state index contributed by atoms with van der Waals surface area (Å²) in [7, 11) is 1.58. The van der Waals surface area contributed by atoms with Crippen molar-refractivity contribution in [3.63, 3.8) is 0 Å². The molecule has 0 unspecified atom stereocenters. The molecule has 1 fully saturated rings. The Morgan fingerprint density at radius 2 is 1.81 bits per heavy atom. The number of rotatable bonds is 7. The van der Waals surface area contributed by atoms with E-state index in [0.717, 1.165) is 49.3 Å². The molecule has 7 nitrogen and oxygen atoms in total. The lowest BCUT2D eigenvalue weighted by molar-refractivity contribution is -0.123. The van der Waals surface area contributed by atoms with Crippen molar-refractivity contribution in [2.24, 2.45) is 11.7 Å². The van der Waals surface area contributed by atoms with Gasteiger partial charge >= 0.3 is 0 Å². The van der Waals surface area contributed by atoms with Crippen molar-refractivity contribution in [3.05, 3.63) is 71.3 Å². The maximum Gasteiger partial charge on any atom is 0.251 e. The van der Waals surface area contributed by atoms with Gasteiger partial charge in [0.25, 0.3) is 5.91 Å². The number of nitrogens with zero attached hydrogens (tertiary/aromatic N) is 1. The fourth-order valence-corrected chi connectivity index (χ4v) is 3.63. The normalized spacial score (nSPS) is 15.0. The number of nitrogens with one attached hydrogen (secondary N) is 2. The van der Waals surface area contributed by atoms with Crippen LogP contribution in [0, 0.1) is 5.92 Å². The van der Waals surface area contributed by atoms with Crippen LogP contribution in [0.3, 0.4) is 0 Å². The topological polar surface area (TPSA) is 105 Å². The van der Waals surface area contributed by atoms with Gasteiger partial charge in [-0.3, -0.25) is 19.3 Å². The number of nitrogens with two attached hydrogens (primary N) is 1. The number of amides is 3. The van der Waals surface area contributed by atoms with Crippen molar-refractivity contribution in [1.82, 2.24) is 10.2 Å². The first-order valence-electron chi connectivity index (χ1n) is 10.4. The van der Waals surface area contributed by atoms with Gasteiger partial charge in [0, 0.05) is 36.8 Å². The Morgan fingerprint density at radius 3 is 2.45 bits per heavy atom. The molecule has 2 aromatic carbocycles. The molecule has 162 valence electrons. The molecular formula is C24H28N4O3. The Labute approximate surface area is 182 Å². The van der Waals surface area contributed by atoms with E-state index in [9.17, 15) is 14.4 Å². The summed E-state index contributed by atoms with van der Waals surface area (Å²) in [6, 6.07) is 14.8. The lowest BCUT2D eigenvalue weighted by atomic mass is 9.96. The highest BCUT2D eigenvalue weighted by molar-refractivity contribution is 6.02. The molecule has 0 saturated carbocycles. The van der Waals surface area contributed by atoms with E-state index in [1.165, 1.54) is 6.08 Å². The third kappa shape index (κ3) is 6.52. The van der Waals surface area contributed by atoms with Gasteiger partial charge in [-0.1, -0.05) is 24.3 Å². The van der Waals surface area contributed by atoms with Crippen LogP contribution in [-0.2, 0) is 16.1 Å². The maximum atomic E-state index is 12.3. The summed E-state index contributed by atoms with van der Waals surface area (Å²) in [5.74, 6) is -0.603. The lowest BCUT2D eigenvalue weighted by Gasteiger charge is -2.30. The highest BCUT2D eigenvalue weighted by Gasteiger charge is 2.22. The second kappa shape index (κ2) is 10.5. The summed E-state index contributed by atoms with van der Waals surface area (Å²) in [6.45, 7) is 2.44. The van der Waals surface area contributed by atoms with Crippen LogP contribution in [0.2, 0.25) is 0 Å². The number of primary amides is 1. The molecule has 0 aromatic heterocycles. The summed E-state index contributed by atoms with van der Waals surface area (Å²) in [5.41, 5.74) is 8.63. The summed E-state index contributed by atoms with van der Waals surface area (Å²) in [4.78, 5) is 37.5. The van der Waals surface area contributed by atoms with Gasteiger partial charge in [0.05, 0.1) is 0 Å². The number of hydrogen-bond acceptors (Lipinski definition) is 4. The highest BCUT2D eigenvalue weighted by Crippen LogP contribution is 2.20. The van der Waals surface area contributed by atoms with Crippen LogP contribution in [0.25, 0.3) is 6.08 Å². The number of benzene rings is 2. The zero-order chi connectivity index (χ0) is 22.2. The predicted octanol–water partition coefficient (Wildman–Crippen LogP) is 2.40. The summed E-state index contributed by atoms with van der Waals surface area (Å²) < 4.78 is 0. The van der Waals surface area contributed by atoms with Crippen molar-refractivity contribution in [3.8, 4) is 0 Å². The van der Waals surface area contributed by atoms with Crippen LogP contribution in [0.15, 0.2) is 54.6 Å². The standard InChI is InChI=1S/C24H28N4O3/c1-26-24(31)20-8-5-17(6-9-20)7-10-22(29)27-21-4-2-3-18(15-21)16-28-13-11-19(12-14-28)23(25)30/h2-10,15,19H,11-14,16H2,1H3,(H2,25,30)(H,26,31)(H,27,29). The number of carbonyl (C=O) groups is 3. The summed E-state index contributed by atoms with van der Waals surface area (Å²) in [6.07, 6.45) is 4.76. The minimum absolute atomic E-state index is 0.0198. The van der Waals surface area contributed by atoms with Crippen molar-refractivity contribution in [2.75, 3.05) is 25.5 Å². The molecule has 3 amide bonds. The van der Waals surface area contributed by atoms with Crippen LogP contribution in [0.5, 0.6) is 0 Å². The predicted molar refractivity (Wildman–Crippen MR) is 121 cm³/mol. The molecule has 0 atom stereocenters. The van der Waals surface area contributed by atoms with Crippen molar-refractivity contribution in [1.29, 1.82) is 0 Å². The lowest BCUT2D eigenvalue weighted by Crippen LogP contribution is -2.38. The van der Waals surface area contributed by atoms with Gasteiger partial charge in [0.1, 0.15) is 0 Å². The second-order valence-corrected chi connectivity index (χ2v) is 7.68. The molecule has 2 aromatic rings. The molecule has 0 aliphatic carbocycles. The molecular weight excluding hydrogens is 392 g/mol. The van der Waals surface area contributed by atoms with Gasteiger partial charge in [-0.05, 0) is 67.4 Å². The number of anilines is 1. The average Bonchev–Trinajstić information content (AvgIpc) is 2.78. The molecule has 1 saturated heterocycles. The van der Waals surface area contributed by atoms with Crippen LogP contribution in [0.4, 0.5) is 5.69 Å². The molecule has 3 rings (SSSR count). The second-order valence-electron chi connectivity index (χ2n) is 7.68. The van der Waals surface area contributed by atoms with Gasteiger partial charge < -0.3 is 16.4 Å². The van der Waals surface area contributed by atoms with Crippen LogP contribution >= 0.6 is 0 Å². The van der Waals surface area contributed by atoms with Gasteiger partial charge in [-0.25, -0.2) is 0 Å². The Kier molecular flexibility index (Phi) is 7.56. The average molecular weight is 421 g/mol. The first kappa shape index (κ1) is 22.2. The Balaban J connectivity index is 1.53. The monoisotopic (exact) mass is 420 g/mol. The van der Waals surface area contributed by atoms with E-state index in [2.05, 4.69) is 15.5 Å². The Morgan fingerprint density at radius 1 is 1.10 bits per heavy atom. The summed E-state index contributed by atoms with van der Waals surface area (Å²) >= 11 is 0. The molecule has 31 heavy (non-hydrogen) atoms. The van der Waals surface area contributed by atoms with E-state index in [-0.39, 0.29) is 23.6 Å². The van der Waals surface area contributed by atoms with E-state index in [4.69, 9.17) is 5.73 Å². The van der Waals surface area contributed by atoms with Gasteiger partial charge in [-0.15, -0.1) is 0 Å². The molecule has 0 radical (unpaired) electrons. The van der Waals surface area contributed by atoms with Gasteiger partial charge in [-0.2, -0.15) is 0 Å². The summed E-state index contributed by atoms with van der Waals surface area (Å²) in [5, 5.41) is 5.45. The number of carbonyl (C=O) groups excluding carboxylic acids is 3. The number of hydrogen-bond donors (Lipinski definition) is 3. The molecule has 0 bridgehead atoms. The smallest absolute Gasteiger partial charge is 0.251 e. The van der Waals surface area contributed by atoms with Crippen LogP contribution in [-0.4, -0.2) is 42.8 Å². The van der Waals surface area contributed by atoms with E-state index in [1.807, 2.05) is 24.3 Å². The number of likely N-dealkylation sites (tertiary alicyclic amines) is 1. The first-order chi connectivity index (χ1) is 14.9. The largest absolute Gasteiger partial charge is 0.369 e. The van der Waals surface area contributed by atoms with Crippen molar-refractivity contribution < 1.29 is 14.4 Å². The van der Waals surface area contributed by atoms with Gasteiger partial charge in [0.15, 0.2) is 0 Å². The van der Waals surface area contributed by atoms with Crippen molar-refractivity contribution >= 4 is 29.5 Å². The van der Waals surface area contributed by atoms with E-state index in [1.54, 1.807) is 37.4 Å². The third-order valence-corrected chi connectivity index (χ3v) is 5.42. The van der Waals surface area contributed by atoms with E-state index in [0.29, 0.717) is 5.56 Å². The quantitative estimate of drug-likeness (QED) is 0.598. The third-order valence-electron chi connectivity index (χ3n) is 5.42. The zero-order valence-electron chi connectivity index (χ0n) is 17.6. The van der Waals surface area contributed by atoms with E-state index < -0.39 is 0 Å². The van der Waals surface area contributed by atoms with Crippen LogP contribution < -0.4 is 16.4 Å². The van der Waals surface area contributed by atoms with Gasteiger partial charge in [0.2, 0.25) is 11.8 Å². The fraction of sp³-hybridized carbons (Fsp3) is 0.292. The maximum absolute atomic E-state index is 12.3. The Bertz CT molecular complexity index is 961. The molecule has 0 spiro atoms. The minimum atomic E-state index is -0.227. The molecule has 7 heteroatoms. The minimum Gasteiger partial charge on any atom is -0.369 e. The molecule has 1 aliphatic rings. The molecule has 1 heterocycles. The number of piperidine rings is 1. The molecule has 4 N–H and O–H groups in total. The molecule has 1 aliphatic heterocycles. The first-order valence-corrected chi connectivity index (χ1v) is 10.4. The fourth-order valence-electron chi connectivity index (χ4n) is 3.63. The zero-order valence-corrected chi connectivity index (χ0v) is 17.6. The Hall–Kier alpha value is -3.45. The SMILES string of the molecule is CNC(=O)c1ccc(C=CC(=O)Nc2cccc(CN3CCC(C(N)=O)CC3)c2)cc1. The van der Waals surface area contributed by atoms with E-state index >= 15 is 0 Å².